The molecular formula is C24H30N2O2. The zero-order chi connectivity index (χ0) is 18.8. The van der Waals surface area contributed by atoms with E-state index in [9.17, 15) is 0 Å². The lowest BCUT2D eigenvalue weighted by Crippen LogP contribution is -2.29. The van der Waals surface area contributed by atoms with Gasteiger partial charge in [0.1, 0.15) is 13.2 Å². The van der Waals surface area contributed by atoms with Crippen LogP contribution in [0.4, 0.5) is 5.69 Å². The molecule has 0 bridgehead atoms. The normalized spacial score (nSPS) is 20.1. The highest BCUT2D eigenvalue weighted by molar-refractivity contribution is 5.48. The van der Waals surface area contributed by atoms with Crippen LogP contribution in [-0.2, 0) is 6.54 Å². The first-order valence-corrected chi connectivity index (χ1v) is 10.8. The van der Waals surface area contributed by atoms with Crippen LogP contribution in [0.2, 0.25) is 0 Å². The number of hydrogen-bond acceptors (Lipinski definition) is 4. The lowest BCUT2D eigenvalue weighted by Gasteiger charge is -2.29. The summed E-state index contributed by atoms with van der Waals surface area (Å²) in [6.45, 7) is 4.58. The highest BCUT2D eigenvalue weighted by Gasteiger charge is 2.32. The first-order valence-electron chi connectivity index (χ1n) is 10.8. The van der Waals surface area contributed by atoms with Crippen LogP contribution in [-0.4, -0.2) is 26.3 Å². The van der Waals surface area contributed by atoms with E-state index in [-0.39, 0.29) is 0 Å². The Balaban J connectivity index is 1.25. The number of anilines is 1. The number of piperidine rings is 1. The van der Waals surface area contributed by atoms with Crippen LogP contribution in [0.15, 0.2) is 42.5 Å². The standard InChI is InChI=1S/C24H30N2O2/c1-2-12-26(13-3-1)21-9-4-18(5-10-21)17-25-24(19-6-7-19)20-8-11-22-23(16-20)28-15-14-27-22/h4-5,8-11,16,19,24-25H,1-3,6-7,12-15,17H2. The molecule has 0 spiro atoms. The summed E-state index contributed by atoms with van der Waals surface area (Å²) < 4.78 is 11.5. The summed E-state index contributed by atoms with van der Waals surface area (Å²) >= 11 is 0. The molecule has 1 N–H and O–H groups in total. The number of fused-ring (bicyclic) bond motifs is 1. The summed E-state index contributed by atoms with van der Waals surface area (Å²) in [6.07, 6.45) is 6.63. The maximum atomic E-state index is 5.79. The van der Waals surface area contributed by atoms with Gasteiger partial charge in [0.15, 0.2) is 11.5 Å². The van der Waals surface area contributed by atoms with Gasteiger partial charge in [-0.2, -0.15) is 0 Å². The molecule has 1 unspecified atom stereocenters. The van der Waals surface area contributed by atoms with Crippen molar-refractivity contribution in [2.24, 2.45) is 5.92 Å². The summed E-state index contributed by atoms with van der Waals surface area (Å²) in [5, 5.41) is 3.81. The van der Waals surface area contributed by atoms with E-state index in [1.807, 2.05) is 0 Å². The van der Waals surface area contributed by atoms with Crippen molar-refractivity contribution in [3.05, 3.63) is 53.6 Å². The van der Waals surface area contributed by atoms with Gasteiger partial charge in [0.05, 0.1) is 0 Å². The fraction of sp³-hybridized carbons (Fsp3) is 0.500. The van der Waals surface area contributed by atoms with Crippen LogP contribution in [0.1, 0.15) is 49.3 Å². The van der Waals surface area contributed by atoms with Crippen molar-refractivity contribution in [1.82, 2.24) is 5.32 Å². The summed E-state index contributed by atoms with van der Waals surface area (Å²) in [7, 11) is 0. The van der Waals surface area contributed by atoms with Crippen molar-refractivity contribution in [2.45, 2.75) is 44.7 Å². The zero-order valence-corrected chi connectivity index (χ0v) is 16.5. The number of nitrogens with zero attached hydrogens (tertiary/aromatic N) is 1. The van der Waals surface area contributed by atoms with Crippen LogP contribution in [0, 0.1) is 5.92 Å². The fourth-order valence-corrected chi connectivity index (χ4v) is 4.44. The number of ether oxygens (including phenoxy) is 2. The van der Waals surface area contributed by atoms with Gasteiger partial charge < -0.3 is 19.7 Å². The van der Waals surface area contributed by atoms with Gasteiger partial charge in [0, 0.05) is 31.4 Å². The van der Waals surface area contributed by atoms with Gasteiger partial charge in [-0.3, -0.25) is 0 Å². The molecule has 0 amide bonds. The predicted octanol–water partition coefficient (Wildman–Crippen LogP) is 4.69. The van der Waals surface area contributed by atoms with E-state index >= 15 is 0 Å². The van der Waals surface area contributed by atoms with Gasteiger partial charge in [0.2, 0.25) is 0 Å². The van der Waals surface area contributed by atoms with Gasteiger partial charge in [-0.25, -0.2) is 0 Å². The van der Waals surface area contributed by atoms with Crippen LogP contribution >= 0.6 is 0 Å². The summed E-state index contributed by atoms with van der Waals surface area (Å²) in [4.78, 5) is 2.52. The highest BCUT2D eigenvalue weighted by Crippen LogP contribution is 2.43. The highest BCUT2D eigenvalue weighted by atomic mass is 16.6. The van der Waals surface area contributed by atoms with E-state index in [1.165, 1.54) is 62.0 Å². The molecule has 148 valence electrons. The maximum Gasteiger partial charge on any atom is 0.161 e. The molecular weight excluding hydrogens is 348 g/mol. The Labute approximate surface area is 167 Å². The number of nitrogens with one attached hydrogen (secondary N) is 1. The summed E-state index contributed by atoms with van der Waals surface area (Å²) in [5.41, 5.74) is 4.04. The average Bonchev–Trinajstić information content (AvgIpc) is 3.60. The number of benzene rings is 2. The molecule has 0 aromatic heterocycles. The average molecular weight is 379 g/mol. The molecule has 2 aromatic rings. The molecule has 1 saturated carbocycles. The Kier molecular flexibility index (Phi) is 5.13. The molecule has 5 rings (SSSR count). The Morgan fingerprint density at radius 2 is 1.64 bits per heavy atom. The Hall–Kier alpha value is -2.20. The first-order chi connectivity index (χ1) is 13.9. The third-order valence-corrected chi connectivity index (χ3v) is 6.20. The van der Waals surface area contributed by atoms with E-state index in [0.717, 1.165) is 24.0 Å². The van der Waals surface area contributed by atoms with Crippen LogP contribution in [0.25, 0.3) is 0 Å². The van der Waals surface area contributed by atoms with E-state index in [1.54, 1.807) is 0 Å². The van der Waals surface area contributed by atoms with Crippen molar-refractivity contribution < 1.29 is 9.47 Å². The molecule has 1 saturated heterocycles. The van der Waals surface area contributed by atoms with Gasteiger partial charge in [0.25, 0.3) is 0 Å². The Morgan fingerprint density at radius 1 is 0.893 bits per heavy atom. The Bertz CT molecular complexity index is 795. The Morgan fingerprint density at radius 3 is 2.39 bits per heavy atom. The lowest BCUT2D eigenvalue weighted by atomic mass is 10.0. The molecule has 28 heavy (non-hydrogen) atoms. The molecule has 0 radical (unpaired) electrons. The van der Waals surface area contributed by atoms with Crippen molar-refractivity contribution >= 4 is 5.69 Å². The maximum absolute atomic E-state index is 5.79. The van der Waals surface area contributed by atoms with Crippen molar-refractivity contribution in [3.63, 3.8) is 0 Å². The van der Waals surface area contributed by atoms with Crippen LogP contribution in [0.3, 0.4) is 0 Å². The topological polar surface area (TPSA) is 33.7 Å². The molecule has 4 heteroatoms. The molecule has 2 aromatic carbocycles. The third kappa shape index (κ3) is 3.97. The van der Waals surface area contributed by atoms with Gasteiger partial charge in [-0.05, 0) is 73.4 Å². The first kappa shape index (κ1) is 17.9. The second kappa shape index (κ2) is 8.04. The molecule has 1 atom stereocenters. The number of hydrogen-bond donors (Lipinski definition) is 1. The summed E-state index contributed by atoms with van der Waals surface area (Å²) in [5.74, 6) is 2.50. The molecule has 4 nitrogen and oxygen atoms in total. The minimum Gasteiger partial charge on any atom is -0.486 e. The van der Waals surface area contributed by atoms with Crippen LogP contribution < -0.4 is 19.7 Å². The molecule has 3 aliphatic rings. The largest absolute Gasteiger partial charge is 0.486 e. The molecule has 2 aliphatic heterocycles. The van der Waals surface area contributed by atoms with E-state index in [0.29, 0.717) is 19.3 Å². The third-order valence-electron chi connectivity index (χ3n) is 6.20. The van der Waals surface area contributed by atoms with Gasteiger partial charge in [-0.15, -0.1) is 0 Å². The SMILES string of the molecule is c1cc(N2CCCCC2)ccc1CNC(c1ccc2c(c1)OCCO2)C1CC1. The monoisotopic (exact) mass is 378 g/mol. The van der Waals surface area contributed by atoms with Gasteiger partial charge in [-0.1, -0.05) is 18.2 Å². The van der Waals surface area contributed by atoms with E-state index in [4.69, 9.17) is 9.47 Å². The number of rotatable bonds is 6. The van der Waals surface area contributed by atoms with Crippen LogP contribution in [0.5, 0.6) is 11.5 Å². The lowest BCUT2D eigenvalue weighted by molar-refractivity contribution is 0.171. The van der Waals surface area contributed by atoms with Gasteiger partial charge >= 0.3 is 0 Å². The van der Waals surface area contributed by atoms with Crippen molar-refractivity contribution in [1.29, 1.82) is 0 Å². The predicted molar refractivity (Wildman–Crippen MR) is 112 cm³/mol. The smallest absolute Gasteiger partial charge is 0.161 e. The zero-order valence-electron chi connectivity index (χ0n) is 16.5. The quantitative estimate of drug-likeness (QED) is 0.791. The minimum atomic E-state index is 0.387. The second-order valence-electron chi connectivity index (χ2n) is 8.31. The fourth-order valence-electron chi connectivity index (χ4n) is 4.44. The molecule has 1 aliphatic carbocycles. The van der Waals surface area contributed by atoms with E-state index in [2.05, 4.69) is 52.7 Å². The molecule has 2 fully saturated rings. The molecule has 2 heterocycles. The van der Waals surface area contributed by atoms with E-state index < -0.39 is 0 Å². The summed E-state index contributed by atoms with van der Waals surface area (Å²) in [6, 6.07) is 16.0. The second-order valence-corrected chi connectivity index (χ2v) is 8.31. The minimum absolute atomic E-state index is 0.387. The van der Waals surface area contributed by atoms with Crippen molar-refractivity contribution in [2.75, 3.05) is 31.2 Å². The van der Waals surface area contributed by atoms with Crippen molar-refractivity contribution in [3.8, 4) is 11.5 Å².